The van der Waals surface area contributed by atoms with Crippen molar-refractivity contribution in [1.82, 2.24) is 14.9 Å². The lowest BCUT2D eigenvalue weighted by molar-refractivity contribution is -0.0533. The van der Waals surface area contributed by atoms with Crippen LogP contribution in [-0.4, -0.2) is 53.3 Å². The minimum absolute atomic E-state index is 0.00196. The van der Waals surface area contributed by atoms with Gasteiger partial charge in [-0.05, 0) is 47.8 Å². The van der Waals surface area contributed by atoms with Crippen LogP contribution in [0.1, 0.15) is 24.8 Å². The van der Waals surface area contributed by atoms with Crippen molar-refractivity contribution in [2.45, 2.75) is 37.5 Å². The molecule has 2 aliphatic rings. The summed E-state index contributed by atoms with van der Waals surface area (Å²) >= 11 is 1.78. The molecule has 24 heavy (non-hydrogen) atoms. The van der Waals surface area contributed by atoms with Gasteiger partial charge in [-0.2, -0.15) is 11.3 Å². The van der Waals surface area contributed by atoms with E-state index in [0.29, 0.717) is 6.04 Å². The van der Waals surface area contributed by atoms with Crippen molar-refractivity contribution in [2.24, 2.45) is 0 Å². The van der Waals surface area contributed by atoms with Gasteiger partial charge in [0.25, 0.3) is 0 Å². The maximum atomic E-state index is 6.35. The summed E-state index contributed by atoms with van der Waals surface area (Å²) in [6, 6.07) is 4.44. The first-order valence-electron chi connectivity index (χ1n) is 8.61. The number of hydrogen-bond donors (Lipinski definition) is 0. The smallest absolute Gasteiger partial charge is 0.225 e. The van der Waals surface area contributed by atoms with E-state index in [4.69, 9.17) is 4.74 Å². The number of thiophene rings is 1. The third-order valence-electron chi connectivity index (χ3n) is 5.21. The maximum Gasteiger partial charge on any atom is 0.225 e. The molecule has 0 aromatic carbocycles. The van der Waals surface area contributed by atoms with Crippen LogP contribution < -0.4 is 4.90 Å². The lowest BCUT2D eigenvalue weighted by atomic mass is 9.88. The second-order valence-electron chi connectivity index (χ2n) is 6.96. The highest BCUT2D eigenvalue weighted by Crippen LogP contribution is 2.37. The Morgan fingerprint density at radius 1 is 1.42 bits per heavy atom. The zero-order valence-electron chi connectivity index (χ0n) is 14.1. The van der Waals surface area contributed by atoms with Crippen LogP contribution in [0, 0.1) is 0 Å². The van der Waals surface area contributed by atoms with E-state index in [1.807, 2.05) is 6.07 Å². The minimum Gasteiger partial charge on any atom is -0.371 e. The molecule has 0 saturated carbocycles. The topological polar surface area (TPSA) is 41.5 Å². The van der Waals surface area contributed by atoms with Crippen LogP contribution >= 0.6 is 11.3 Å². The molecule has 0 bridgehead atoms. The molecular weight excluding hydrogens is 320 g/mol. The molecule has 2 saturated heterocycles. The Morgan fingerprint density at radius 3 is 3.08 bits per heavy atom. The Bertz CT molecular complexity index is 650. The second-order valence-corrected chi connectivity index (χ2v) is 7.74. The van der Waals surface area contributed by atoms with E-state index in [1.54, 1.807) is 23.7 Å². The summed E-state index contributed by atoms with van der Waals surface area (Å²) in [5, 5.41) is 4.41. The van der Waals surface area contributed by atoms with Gasteiger partial charge in [0.2, 0.25) is 5.95 Å². The number of ether oxygens (including phenoxy) is 1. The molecular formula is C18H24N4OS. The van der Waals surface area contributed by atoms with Crippen LogP contribution in [0.4, 0.5) is 5.95 Å². The molecule has 2 aliphatic heterocycles. The summed E-state index contributed by atoms with van der Waals surface area (Å²) in [5.41, 5.74) is 1.42. The first-order valence-corrected chi connectivity index (χ1v) is 9.56. The Hall–Kier alpha value is -1.50. The van der Waals surface area contributed by atoms with Crippen molar-refractivity contribution in [3.05, 3.63) is 40.8 Å². The zero-order chi connectivity index (χ0) is 16.4. The predicted molar refractivity (Wildman–Crippen MR) is 96.4 cm³/mol. The highest BCUT2D eigenvalue weighted by atomic mass is 32.1. The first-order chi connectivity index (χ1) is 11.7. The van der Waals surface area contributed by atoms with E-state index < -0.39 is 0 Å². The molecule has 5 nitrogen and oxygen atoms in total. The summed E-state index contributed by atoms with van der Waals surface area (Å²) in [4.78, 5) is 13.5. The monoisotopic (exact) mass is 344 g/mol. The third-order valence-corrected chi connectivity index (χ3v) is 5.94. The Labute approximate surface area is 147 Å². The molecule has 4 rings (SSSR count). The number of likely N-dealkylation sites (tertiary alicyclic amines) is 1. The second kappa shape index (κ2) is 6.78. The summed E-state index contributed by atoms with van der Waals surface area (Å²) < 4.78 is 6.35. The van der Waals surface area contributed by atoms with E-state index in [-0.39, 0.29) is 5.60 Å². The molecule has 6 heteroatoms. The van der Waals surface area contributed by atoms with Crippen molar-refractivity contribution < 1.29 is 4.74 Å². The molecule has 2 fully saturated rings. The lowest BCUT2D eigenvalue weighted by Gasteiger charge is -2.40. The van der Waals surface area contributed by atoms with E-state index in [1.165, 1.54) is 18.5 Å². The van der Waals surface area contributed by atoms with Crippen molar-refractivity contribution in [3.63, 3.8) is 0 Å². The van der Waals surface area contributed by atoms with Crippen LogP contribution in [0.3, 0.4) is 0 Å². The number of nitrogens with zero attached hydrogens (tertiary/aromatic N) is 4. The van der Waals surface area contributed by atoms with Crippen molar-refractivity contribution in [1.29, 1.82) is 0 Å². The molecule has 4 heterocycles. The van der Waals surface area contributed by atoms with E-state index in [2.05, 4.69) is 43.6 Å². The number of aromatic nitrogens is 2. The Kier molecular flexibility index (Phi) is 4.52. The first kappa shape index (κ1) is 16.0. The molecule has 0 radical (unpaired) electrons. The standard InChI is InChI=1S/C18H24N4OS/c1-21(17-19-6-3-7-20-17)16-10-18(23-12-16)5-2-8-22(14-18)11-15-4-9-24-13-15/h3-4,6-7,9,13,16H,2,5,8,10-12,14H2,1H3/t16-,18-/m0/s1. The van der Waals surface area contributed by atoms with Crippen LogP contribution in [0.15, 0.2) is 35.3 Å². The SMILES string of the molecule is CN(c1ncccn1)[C@@H]1CO[C@@]2(CCCN(Cc3ccsc3)C2)C1. The van der Waals surface area contributed by atoms with Crippen molar-refractivity contribution >= 4 is 17.3 Å². The largest absolute Gasteiger partial charge is 0.371 e. The van der Waals surface area contributed by atoms with Gasteiger partial charge in [-0.1, -0.05) is 0 Å². The molecule has 0 amide bonds. The third kappa shape index (κ3) is 3.31. The quantitative estimate of drug-likeness (QED) is 0.853. The van der Waals surface area contributed by atoms with Gasteiger partial charge in [0.1, 0.15) is 0 Å². The normalized spacial score (nSPS) is 27.6. The molecule has 0 aliphatic carbocycles. The van der Waals surface area contributed by atoms with Gasteiger partial charge in [-0.25, -0.2) is 9.97 Å². The average molecular weight is 344 g/mol. The molecule has 2 aromatic rings. The van der Waals surface area contributed by atoms with Gasteiger partial charge in [-0.15, -0.1) is 0 Å². The van der Waals surface area contributed by atoms with Gasteiger partial charge in [0, 0.05) is 39.0 Å². The van der Waals surface area contributed by atoms with E-state index >= 15 is 0 Å². The van der Waals surface area contributed by atoms with Crippen molar-refractivity contribution in [3.8, 4) is 0 Å². The van der Waals surface area contributed by atoms with E-state index in [9.17, 15) is 0 Å². The number of anilines is 1. The number of hydrogen-bond acceptors (Lipinski definition) is 6. The molecule has 1 spiro atoms. The van der Waals surface area contributed by atoms with Gasteiger partial charge < -0.3 is 9.64 Å². The molecule has 2 atom stereocenters. The highest BCUT2D eigenvalue weighted by Gasteiger charge is 2.44. The fourth-order valence-corrected chi connectivity index (χ4v) is 4.62. The molecule has 0 unspecified atom stereocenters. The minimum atomic E-state index is 0.00196. The maximum absolute atomic E-state index is 6.35. The summed E-state index contributed by atoms with van der Waals surface area (Å²) in [7, 11) is 2.08. The van der Waals surface area contributed by atoms with Crippen molar-refractivity contribution in [2.75, 3.05) is 31.6 Å². The molecule has 2 aromatic heterocycles. The molecule has 0 N–H and O–H groups in total. The predicted octanol–water partition coefficient (Wildman–Crippen LogP) is 2.80. The number of piperidine rings is 1. The number of likely N-dealkylation sites (N-methyl/N-ethyl adjacent to an activating group) is 1. The summed E-state index contributed by atoms with van der Waals surface area (Å²) in [6.07, 6.45) is 7.03. The summed E-state index contributed by atoms with van der Waals surface area (Å²) in [5.74, 6) is 0.786. The summed E-state index contributed by atoms with van der Waals surface area (Å²) in [6.45, 7) is 4.00. The van der Waals surface area contributed by atoms with Gasteiger partial charge in [0.15, 0.2) is 0 Å². The van der Waals surface area contributed by atoms with Crippen LogP contribution in [0.2, 0.25) is 0 Å². The van der Waals surface area contributed by atoms with Gasteiger partial charge in [-0.3, -0.25) is 4.90 Å². The van der Waals surface area contributed by atoms with Gasteiger partial charge >= 0.3 is 0 Å². The van der Waals surface area contributed by atoms with Crippen LogP contribution in [-0.2, 0) is 11.3 Å². The average Bonchev–Trinajstić information content (AvgIpc) is 3.26. The Balaban J connectivity index is 1.41. The lowest BCUT2D eigenvalue weighted by Crippen LogP contribution is -2.48. The van der Waals surface area contributed by atoms with Gasteiger partial charge in [0.05, 0.1) is 18.2 Å². The fraction of sp³-hybridized carbons (Fsp3) is 0.556. The fourth-order valence-electron chi connectivity index (χ4n) is 3.96. The Morgan fingerprint density at radius 2 is 2.29 bits per heavy atom. The van der Waals surface area contributed by atoms with E-state index in [0.717, 1.165) is 38.5 Å². The highest BCUT2D eigenvalue weighted by molar-refractivity contribution is 7.07. The zero-order valence-corrected chi connectivity index (χ0v) is 14.9. The van der Waals surface area contributed by atoms with Crippen LogP contribution in [0.5, 0.6) is 0 Å². The van der Waals surface area contributed by atoms with Crippen LogP contribution in [0.25, 0.3) is 0 Å². The molecule has 128 valence electrons. The number of rotatable bonds is 4.